The topological polar surface area (TPSA) is 12.0 Å². The van der Waals surface area contributed by atoms with E-state index >= 15 is 0 Å². The lowest BCUT2D eigenvalue weighted by atomic mass is 10.0. The monoisotopic (exact) mass is 287 g/mol. The lowest BCUT2D eigenvalue weighted by Crippen LogP contribution is -2.19. The summed E-state index contributed by atoms with van der Waals surface area (Å²) in [5, 5.41) is 3.47. The number of nitrogens with one attached hydrogen (secondary N) is 1. The number of thiophene rings is 1. The largest absolute Gasteiger partial charge is 0.312 e. The maximum atomic E-state index is 3.66. The fourth-order valence-electron chi connectivity index (χ4n) is 2.31. The van der Waals surface area contributed by atoms with Gasteiger partial charge in [-0.05, 0) is 53.7 Å². The van der Waals surface area contributed by atoms with E-state index in [2.05, 4.69) is 55.1 Å². The lowest BCUT2D eigenvalue weighted by Gasteiger charge is -2.17. The molecule has 0 aliphatic heterocycles. The van der Waals surface area contributed by atoms with Gasteiger partial charge in [0.25, 0.3) is 0 Å². The van der Waals surface area contributed by atoms with Crippen molar-refractivity contribution in [3.05, 3.63) is 20.3 Å². The number of aryl methyl sites for hydroxylation is 1. The van der Waals surface area contributed by atoms with Gasteiger partial charge in [0.2, 0.25) is 0 Å². The maximum absolute atomic E-state index is 3.66. The molecule has 0 spiro atoms. The lowest BCUT2D eigenvalue weighted by molar-refractivity contribution is 0.445. The average molecular weight is 288 g/mol. The Bertz CT molecular complexity index is 370. The first-order valence-corrected chi connectivity index (χ1v) is 7.00. The molecule has 0 radical (unpaired) electrons. The van der Waals surface area contributed by atoms with Crippen LogP contribution < -0.4 is 5.32 Å². The minimum Gasteiger partial charge on any atom is -0.312 e. The Hall–Kier alpha value is 0.140. The summed E-state index contributed by atoms with van der Waals surface area (Å²) in [6, 6.07) is 2.74. The second-order valence-electron chi connectivity index (χ2n) is 5.13. The minimum atomic E-state index is 0.519. The van der Waals surface area contributed by atoms with E-state index in [1.165, 1.54) is 20.6 Å². The van der Waals surface area contributed by atoms with Gasteiger partial charge in [-0.15, -0.1) is 11.3 Å². The summed E-state index contributed by atoms with van der Waals surface area (Å²) in [6.07, 6.45) is 1.34. The number of hydrogen-bond acceptors (Lipinski definition) is 2. The molecule has 1 heterocycles. The summed E-state index contributed by atoms with van der Waals surface area (Å²) in [6.45, 7) is 6.89. The molecule has 1 nitrogen and oxygen atoms in total. The third-order valence-corrected chi connectivity index (χ3v) is 5.47. The third-order valence-electron chi connectivity index (χ3n) is 3.42. The van der Waals surface area contributed by atoms with Crippen molar-refractivity contribution in [1.29, 1.82) is 0 Å². The summed E-state index contributed by atoms with van der Waals surface area (Å²) < 4.78 is 1.27. The molecule has 3 heteroatoms. The van der Waals surface area contributed by atoms with Crippen molar-refractivity contribution in [2.45, 2.75) is 33.2 Å². The molecule has 1 aromatic rings. The minimum absolute atomic E-state index is 0.519. The first-order valence-electron chi connectivity index (χ1n) is 5.39. The number of rotatable bonds is 3. The SMILES string of the molecule is CNC(c1sc(C)cc1Br)C1CC1(C)C. The second kappa shape index (κ2) is 3.86. The van der Waals surface area contributed by atoms with Gasteiger partial charge in [-0.2, -0.15) is 0 Å². The van der Waals surface area contributed by atoms with Crippen molar-refractivity contribution >= 4 is 27.3 Å². The molecule has 1 fully saturated rings. The van der Waals surface area contributed by atoms with E-state index in [-0.39, 0.29) is 0 Å². The molecule has 2 unspecified atom stereocenters. The van der Waals surface area contributed by atoms with Crippen LogP contribution in [0, 0.1) is 18.3 Å². The molecular weight excluding hydrogens is 270 g/mol. The Morgan fingerprint density at radius 1 is 1.60 bits per heavy atom. The quantitative estimate of drug-likeness (QED) is 0.882. The molecule has 1 aliphatic rings. The second-order valence-corrected chi connectivity index (χ2v) is 7.28. The molecule has 0 amide bonds. The van der Waals surface area contributed by atoms with Crippen molar-refractivity contribution in [1.82, 2.24) is 5.32 Å². The fraction of sp³-hybridized carbons (Fsp3) is 0.667. The summed E-state index contributed by atoms with van der Waals surface area (Å²) in [4.78, 5) is 2.85. The highest BCUT2D eigenvalue weighted by Crippen LogP contribution is 2.59. The molecule has 1 N–H and O–H groups in total. The molecule has 2 atom stereocenters. The van der Waals surface area contributed by atoms with Crippen LogP contribution in [0.3, 0.4) is 0 Å². The molecule has 1 aliphatic carbocycles. The van der Waals surface area contributed by atoms with Crippen LogP contribution in [0.25, 0.3) is 0 Å². The van der Waals surface area contributed by atoms with Gasteiger partial charge in [0.15, 0.2) is 0 Å². The molecule has 0 bridgehead atoms. The molecule has 84 valence electrons. The summed E-state index contributed by atoms with van der Waals surface area (Å²) in [7, 11) is 2.07. The van der Waals surface area contributed by atoms with Crippen molar-refractivity contribution in [2.75, 3.05) is 7.05 Å². The molecule has 1 aromatic heterocycles. The predicted octanol–water partition coefficient (Wildman–Crippen LogP) is 4.13. The van der Waals surface area contributed by atoms with Crippen LogP contribution in [0.5, 0.6) is 0 Å². The van der Waals surface area contributed by atoms with Crippen molar-refractivity contribution in [3.8, 4) is 0 Å². The highest BCUT2D eigenvalue weighted by Gasteiger charge is 2.50. The molecule has 0 saturated heterocycles. The smallest absolute Gasteiger partial charge is 0.0457 e. The molecule has 1 saturated carbocycles. The van der Waals surface area contributed by atoms with E-state index in [1.54, 1.807) is 0 Å². The van der Waals surface area contributed by atoms with Crippen LogP contribution in [0.15, 0.2) is 10.5 Å². The van der Waals surface area contributed by atoms with Crippen molar-refractivity contribution in [2.24, 2.45) is 11.3 Å². The van der Waals surface area contributed by atoms with E-state index < -0.39 is 0 Å². The summed E-state index contributed by atoms with van der Waals surface area (Å²) in [5.41, 5.74) is 0.519. The van der Waals surface area contributed by atoms with E-state index in [0.717, 1.165) is 5.92 Å². The molecular formula is C12H18BrNS. The van der Waals surface area contributed by atoms with Crippen LogP contribution in [-0.4, -0.2) is 7.05 Å². The highest BCUT2D eigenvalue weighted by atomic mass is 79.9. The van der Waals surface area contributed by atoms with Gasteiger partial charge in [-0.1, -0.05) is 13.8 Å². The van der Waals surface area contributed by atoms with Crippen LogP contribution in [0.4, 0.5) is 0 Å². The van der Waals surface area contributed by atoms with Crippen LogP contribution in [0.1, 0.15) is 36.1 Å². The Balaban J connectivity index is 2.24. The van der Waals surface area contributed by atoms with Crippen LogP contribution in [-0.2, 0) is 0 Å². The van der Waals surface area contributed by atoms with Gasteiger partial charge in [-0.3, -0.25) is 0 Å². The predicted molar refractivity (Wildman–Crippen MR) is 70.4 cm³/mol. The zero-order valence-electron chi connectivity index (χ0n) is 9.73. The third kappa shape index (κ3) is 2.15. The molecule has 2 rings (SSSR count). The molecule has 15 heavy (non-hydrogen) atoms. The van der Waals surface area contributed by atoms with E-state index in [1.807, 2.05) is 11.3 Å². The fourth-order valence-corrected chi connectivity index (χ4v) is 4.38. The van der Waals surface area contributed by atoms with Gasteiger partial charge in [-0.25, -0.2) is 0 Å². The number of halogens is 1. The summed E-state index contributed by atoms with van der Waals surface area (Å²) in [5.74, 6) is 0.789. The highest BCUT2D eigenvalue weighted by molar-refractivity contribution is 9.10. The van der Waals surface area contributed by atoms with Gasteiger partial charge >= 0.3 is 0 Å². The van der Waals surface area contributed by atoms with Gasteiger partial charge in [0.05, 0.1) is 0 Å². The average Bonchev–Trinajstić information content (AvgIpc) is 2.60. The van der Waals surface area contributed by atoms with E-state index in [0.29, 0.717) is 11.5 Å². The van der Waals surface area contributed by atoms with Crippen LogP contribution in [0.2, 0.25) is 0 Å². The zero-order chi connectivity index (χ0) is 11.2. The first kappa shape index (κ1) is 11.6. The van der Waals surface area contributed by atoms with Crippen molar-refractivity contribution in [3.63, 3.8) is 0 Å². The Morgan fingerprint density at radius 2 is 2.20 bits per heavy atom. The van der Waals surface area contributed by atoms with Gasteiger partial charge in [0.1, 0.15) is 0 Å². The Kier molecular flexibility index (Phi) is 2.99. The normalized spacial score (nSPS) is 25.3. The van der Waals surface area contributed by atoms with E-state index in [4.69, 9.17) is 0 Å². The van der Waals surface area contributed by atoms with Gasteiger partial charge in [0, 0.05) is 20.3 Å². The Morgan fingerprint density at radius 3 is 2.53 bits per heavy atom. The molecule has 0 aromatic carbocycles. The first-order chi connectivity index (χ1) is 6.95. The number of hydrogen-bond donors (Lipinski definition) is 1. The van der Waals surface area contributed by atoms with Crippen LogP contribution >= 0.6 is 27.3 Å². The Labute approximate surface area is 104 Å². The van der Waals surface area contributed by atoms with E-state index in [9.17, 15) is 0 Å². The standard InChI is InChI=1S/C12H18BrNS/c1-7-5-9(13)11(15-7)10(14-4)8-6-12(8,2)3/h5,8,10,14H,6H2,1-4H3. The van der Waals surface area contributed by atoms with Crippen molar-refractivity contribution < 1.29 is 0 Å². The zero-order valence-corrected chi connectivity index (χ0v) is 12.1. The summed E-state index contributed by atoms with van der Waals surface area (Å²) >= 11 is 5.57. The van der Waals surface area contributed by atoms with Gasteiger partial charge < -0.3 is 5.32 Å². The maximum Gasteiger partial charge on any atom is 0.0457 e.